The zero-order valence-corrected chi connectivity index (χ0v) is 11.9. The summed E-state index contributed by atoms with van der Waals surface area (Å²) in [6.07, 6.45) is -6.52. The van der Waals surface area contributed by atoms with Crippen molar-refractivity contribution in [2.45, 2.75) is 25.3 Å². The van der Waals surface area contributed by atoms with E-state index in [9.17, 15) is 28.6 Å². The van der Waals surface area contributed by atoms with E-state index in [2.05, 4.69) is 4.98 Å². The first-order chi connectivity index (χ1) is 10.7. The third-order valence-corrected chi connectivity index (χ3v) is 3.27. The van der Waals surface area contributed by atoms with E-state index in [4.69, 9.17) is 4.42 Å². The first kappa shape index (κ1) is 17.0. The quantitative estimate of drug-likeness (QED) is 0.901. The van der Waals surface area contributed by atoms with Crippen molar-refractivity contribution in [3.63, 3.8) is 0 Å². The lowest BCUT2D eigenvalue weighted by atomic mass is 9.90. The maximum Gasteiger partial charge on any atom is 0.433 e. The van der Waals surface area contributed by atoms with Crippen LogP contribution in [-0.4, -0.2) is 15.2 Å². The predicted molar refractivity (Wildman–Crippen MR) is 71.7 cm³/mol. The Bertz CT molecular complexity index is 708. The number of hydrogen-bond acceptors (Lipinski definition) is 5. The van der Waals surface area contributed by atoms with Gasteiger partial charge in [0.25, 0.3) is 0 Å². The molecule has 0 radical (unpaired) electrons. The van der Waals surface area contributed by atoms with Crippen molar-refractivity contribution in [3.05, 3.63) is 53.2 Å². The zero-order chi connectivity index (χ0) is 17.2. The van der Waals surface area contributed by atoms with Gasteiger partial charge in [-0.1, -0.05) is 0 Å². The Morgan fingerprint density at radius 1 is 1.26 bits per heavy atom. The molecule has 0 saturated heterocycles. The van der Waals surface area contributed by atoms with Crippen LogP contribution in [0, 0.1) is 24.2 Å². The van der Waals surface area contributed by atoms with E-state index < -0.39 is 30.0 Å². The van der Waals surface area contributed by atoms with Crippen LogP contribution in [0.5, 0.6) is 0 Å². The molecule has 0 spiro atoms. The Morgan fingerprint density at radius 3 is 2.48 bits per heavy atom. The topological polar surface area (TPSA) is 90.3 Å². The van der Waals surface area contributed by atoms with Gasteiger partial charge < -0.3 is 14.6 Å². The average molecular weight is 326 g/mol. The number of aliphatic hydroxyl groups excluding tert-OH is 2. The van der Waals surface area contributed by atoms with Gasteiger partial charge in [-0.15, -0.1) is 0 Å². The van der Waals surface area contributed by atoms with E-state index in [-0.39, 0.29) is 17.0 Å². The van der Waals surface area contributed by atoms with Crippen molar-refractivity contribution in [2.24, 2.45) is 5.92 Å². The highest BCUT2D eigenvalue weighted by Gasteiger charge is 2.36. The SMILES string of the molecule is Cc1cc(C(O)C(C#N)C(O)c2ccco2)cc(C(F)(F)F)n1. The number of aliphatic hydroxyl groups is 2. The lowest BCUT2D eigenvalue weighted by Gasteiger charge is -2.21. The van der Waals surface area contributed by atoms with Crippen LogP contribution in [0.2, 0.25) is 0 Å². The number of aryl methyl sites for hydroxylation is 1. The van der Waals surface area contributed by atoms with Crippen LogP contribution in [-0.2, 0) is 6.18 Å². The number of pyridine rings is 1. The summed E-state index contributed by atoms with van der Waals surface area (Å²) in [5, 5.41) is 29.5. The number of nitrogens with zero attached hydrogens (tertiary/aromatic N) is 2. The summed E-state index contributed by atoms with van der Waals surface area (Å²) in [7, 11) is 0. The molecule has 2 aromatic heterocycles. The number of alkyl halides is 3. The minimum Gasteiger partial charge on any atom is -0.467 e. The molecule has 23 heavy (non-hydrogen) atoms. The Kier molecular flexibility index (Phi) is 4.73. The van der Waals surface area contributed by atoms with Gasteiger partial charge in [-0.2, -0.15) is 18.4 Å². The van der Waals surface area contributed by atoms with E-state index in [1.807, 2.05) is 0 Å². The molecule has 2 aromatic rings. The third-order valence-electron chi connectivity index (χ3n) is 3.27. The van der Waals surface area contributed by atoms with Gasteiger partial charge in [-0.3, -0.25) is 0 Å². The highest BCUT2D eigenvalue weighted by atomic mass is 19.4. The van der Waals surface area contributed by atoms with Crippen LogP contribution >= 0.6 is 0 Å². The van der Waals surface area contributed by atoms with Gasteiger partial charge in [-0.05, 0) is 36.8 Å². The molecule has 0 amide bonds. The van der Waals surface area contributed by atoms with E-state index >= 15 is 0 Å². The molecule has 0 aliphatic carbocycles. The van der Waals surface area contributed by atoms with Crippen molar-refractivity contribution >= 4 is 0 Å². The van der Waals surface area contributed by atoms with Crippen molar-refractivity contribution in [1.82, 2.24) is 4.98 Å². The summed E-state index contributed by atoms with van der Waals surface area (Å²) in [5.41, 5.74) is -1.28. The molecule has 8 heteroatoms. The fourth-order valence-electron chi connectivity index (χ4n) is 2.17. The average Bonchev–Trinajstić information content (AvgIpc) is 3.00. The maximum absolute atomic E-state index is 12.8. The summed E-state index contributed by atoms with van der Waals surface area (Å²) in [6, 6.07) is 6.49. The van der Waals surface area contributed by atoms with Crippen LogP contribution < -0.4 is 0 Å². The summed E-state index contributed by atoms with van der Waals surface area (Å²) < 4.78 is 43.4. The standard InChI is InChI=1S/C15H13F3N2O3/c1-8-5-9(6-12(20-8)15(16,17)18)13(21)10(7-19)14(22)11-3-2-4-23-11/h2-6,10,13-14,21-22H,1H3. The molecule has 0 aliphatic heterocycles. The Hall–Kier alpha value is -2.37. The lowest BCUT2D eigenvalue weighted by molar-refractivity contribution is -0.141. The van der Waals surface area contributed by atoms with Gasteiger partial charge in [0.15, 0.2) is 0 Å². The first-order valence-corrected chi connectivity index (χ1v) is 6.59. The molecule has 2 rings (SSSR count). The van der Waals surface area contributed by atoms with Gasteiger partial charge in [0.1, 0.15) is 23.5 Å². The Morgan fingerprint density at radius 2 is 1.96 bits per heavy atom. The third kappa shape index (κ3) is 3.70. The van der Waals surface area contributed by atoms with Crippen molar-refractivity contribution in [2.75, 3.05) is 0 Å². The normalized spacial score (nSPS) is 15.7. The minimum atomic E-state index is -4.68. The fourth-order valence-corrected chi connectivity index (χ4v) is 2.17. The lowest BCUT2D eigenvalue weighted by Crippen LogP contribution is -2.20. The largest absolute Gasteiger partial charge is 0.467 e. The number of furan rings is 1. The summed E-state index contributed by atoms with van der Waals surface area (Å²) >= 11 is 0. The molecule has 122 valence electrons. The van der Waals surface area contributed by atoms with Gasteiger partial charge >= 0.3 is 6.18 Å². The molecule has 0 bridgehead atoms. The Labute approximate surface area is 129 Å². The maximum atomic E-state index is 12.8. The van der Waals surface area contributed by atoms with Crippen LogP contribution in [0.1, 0.15) is 34.9 Å². The monoisotopic (exact) mass is 326 g/mol. The second kappa shape index (κ2) is 6.40. The zero-order valence-electron chi connectivity index (χ0n) is 11.9. The van der Waals surface area contributed by atoms with E-state index in [0.717, 1.165) is 0 Å². The number of nitriles is 1. The second-order valence-corrected chi connectivity index (χ2v) is 4.98. The molecule has 0 saturated carbocycles. The van der Waals surface area contributed by atoms with Crippen LogP contribution in [0.4, 0.5) is 13.2 Å². The summed E-state index contributed by atoms with van der Waals surface area (Å²) in [6.45, 7) is 1.34. The molecule has 0 aromatic carbocycles. The molecular weight excluding hydrogens is 313 g/mol. The molecule has 0 aliphatic rings. The Balaban J connectivity index is 2.37. The number of halogens is 3. The minimum absolute atomic E-state index is 0.0393. The van der Waals surface area contributed by atoms with Gasteiger partial charge in [0.05, 0.1) is 18.4 Å². The fraction of sp³-hybridized carbons (Fsp3) is 0.333. The molecule has 2 N–H and O–H groups in total. The molecule has 2 heterocycles. The number of hydrogen-bond donors (Lipinski definition) is 2. The number of rotatable bonds is 4. The summed E-state index contributed by atoms with van der Waals surface area (Å²) in [5.74, 6) is -1.36. The highest BCUT2D eigenvalue weighted by molar-refractivity contribution is 5.27. The van der Waals surface area contributed by atoms with Crippen LogP contribution in [0.25, 0.3) is 0 Å². The summed E-state index contributed by atoms with van der Waals surface area (Å²) in [4.78, 5) is 3.37. The van der Waals surface area contributed by atoms with E-state index in [1.165, 1.54) is 31.4 Å². The first-order valence-electron chi connectivity index (χ1n) is 6.59. The molecule has 0 fully saturated rings. The predicted octanol–water partition coefficient (Wildman–Crippen LogP) is 2.91. The van der Waals surface area contributed by atoms with Crippen molar-refractivity contribution < 1.29 is 27.8 Å². The molecule has 3 atom stereocenters. The second-order valence-electron chi connectivity index (χ2n) is 4.98. The number of aromatic nitrogens is 1. The van der Waals surface area contributed by atoms with Crippen LogP contribution in [0.3, 0.4) is 0 Å². The highest BCUT2D eigenvalue weighted by Crippen LogP contribution is 2.35. The molecule has 3 unspecified atom stereocenters. The smallest absolute Gasteiger partial charge is 0.433 e. The van der Waals surface area contributed by atoms with Gasteiger partial charge in [-0.25, -0.2) is 4.98 Å². The van der Waals surface area contributed by atoms with E-state index in [1.54, 1.807) is 6.07 Å². The molecular formula is C15H13F3N2O3. The van der Waals surface area contributed by atoms with Crippen LogP contribution in [0.15, 0.2) is 34.9 Å². The van der Waals surface area contributed by atoms with Crippen molar-refractivity contribution in [1.29, 1.82) is 5.26 Å². The van der Waals surface area contributed by atoms with Gasteiger partial charge in [0.2, 0.25) is 0 Å². The van der Waals surface area contributed by atoms with Crippen molar-refractivity contribution in [3.8, 4) is 6.07 Å². The molecule has 5 nitrogen and oxygen atoms in total. The van der Waals surface area contributed by atoms with E-state index in [0.29, 0.717) is 6.07 Å². The van der Waals surface area contributed by atoms with Gasteiger partial charge in [0, 0.05) is 5.69 Å².